The van der Waals surface area contributed by atoms with Gasteiger partial charge < -0.3 is 20.3 Å². The van der Waals surface area contributed by atoms with Crippen LogP contribution in [0, 0.1) is 12.3 Å². The molecule has 1 aliphatic carbocycles. The molecule has 1 saturated carbocycles. The van der Waals surface area contributed by atoms with Crippen LogP contribution in [0.2, 0.25) is 0 Å². The van der Waals surface area contributed by atoms with Crippen LogP contribution in [0.25, 0.3) is 0 Å². The van der Waals surface area contributed by atoms with Gasteiger partial charge >= 0.3 is 6.09 Å². The van der Waals surface area contributed by atoms with Crippen molar-refractivity contribution in [2.75, 3.05) is 6.54 Å². The van der Waals surface area contributed by atoms with Crippen molar-refractivity contribution in [3.8, 4) is 12.3 Å². The molecule has 3 amide bonds. The summed E-state index contributed by atoms with van der Waals surface area (Å²) in [6, 6.07) is 5.57. The van der Waals surface area contributed by atoms with Gasteiger partial charge in [-0.1, -0.05) is 69.6 Å². The average Bonchev–Trinajstić information content (AvgIpc) is 2.84. The highest BCUT2D eigenvalue weighted by Crippen LogP contribution is 2.28. The summed E-state index contributed by atoms with van der Waals surface area (Å²) in [6.07, 6.45) is 14.1. The summed E-state index contributed by atoms with van der Waals surface area (Å²) in [5.41, 5.74) is 0.498. The first-order valence-corrected chi connectivity index (χ1v) is 13.7. The molecule has 204 valence electrons. The molecule has 0 bridgehead atoms. The number of benzene rings is 1. The van der Waals surface area contributed by atoms with Crippen molar-refractivity contribution in [1.82, 2.24) is 15.5 Å². The van der Waals surface area contributed by atoms with Gasteiger partial charge in [0.15, 0.2) is 0 Å². The zero-order valence-corrected chi connectivity index (χ0v) is 23.3. The normalized spacial score (nSPS) is 15.7. The SMILES string of the molecule is C#Cc1ccccc1C(C(=O)NC1CCCCC1)N(CCCCCC)C(=O)C(C)NC(=O)OC(C)(C)C. The Kier molecular flexibility index (Phi) is 12.0. The van der Waals surface area contributed by atoms with E-state index in [1.54, 1.807) is 38.7 Å². The fraction of sp³-hybridized carbons (Fsp3) is 0.633. The summed E-state index contributed by atoms with van der Waals surface area (Å²) in [5.74, 6) is 2.10. The van der Waals surface area contributed by atoms with Gasteiger partial charge in [-0.3, -0.25) is 9.59 Å². The predicted molar refractivity (Wildman–Crippen MR) is 147 cm³/mol. The second kappa shape index (κ2) is 14.7. The van der Waals surface area contributed by atoms with Gasteiger partial charge in [-0.25, -0.2) is 4.79 Å². The Morgan fingerprint density at radius 3 is 2.41 bits per heavy atom. The molecule has 1 aromatic carbocycles. The van der Waals surface area contributed by atoms with E-state index in [1.807, 2.05) is 18.2 Å². The minimum Gasteiger partial charge on any atom is -0.444 e. The minimum absolute atomic E-state index is 0.0797. The molecule has 1 aliphatic rings. The van der Waals surface area contributed by atoms with E-state index in [9.17, 15) is 14.4 Å². The Morgan fingerprint density at radius 1 is 1.11 bits per heavy atom. The lowest BCUT2D eigenvalue weighted by molar-refractivity contribution is -0.142. The third-order valence-electron chi connectivity index (χ3n) is 6.56. The molecule has 7 heteroatoms. The van der Waals surface area contributed by atoms with E-state index in [1.165, 1.54) is 6.42 Å². The van der Waals surface area contributed by atoms with Crippen LogP contribution in [0.15, 0.2) is 24.3 Å². The zero-order chi connectivity index (χ0) is 27.4. The van der Waals surface area contributed by atoms with Gasteiger partial charge in [-0.15, -0.1) is 6.42 Å². The fourth-order valence-electron chi connectivity index (χ4n) is 4.71. The Morgan fingerprint density at radius 2 is 1.78 bits per heavy atom. The van der Waals surface area contributed by atoms with Crippen LogP contribution in [0.3, 0.4) is 0 Å². The Labute approximate surface area is 223 Å². The second-order valence-corrected chi connectivity index (χ2v) is 10.9. The Balaban J connectivity index is 2.41. The number of nitrogens with one attached hydrogen (secondary N) is 2. The third-order valence-corrected chi connectivity index (χ3v) is 6.56. The predicted octanol–water partition coefficient (Wildman–Crippen LogP) is 5.48. The second-order valence-electron chi connectivity index (χ2n) is 10.9. The van der Waals surface area contributed by atoms with E-state index in [2.05, 4.69) is 23.5 Å². The molecule has 0 heterocycles. The van der Waals surface area contributed by atoms with Crippen LogP contribution in [0.5, 0.6) is 0 Å². The minimum atomic E-state index is -0.897. The zero-order valence-electron chi connectivity index (χ0n) is 23.3. The molecule has 0 aromatic heterocycles. The first-order chi connectivity index (χ1) is 17.6. The number of carbonyl (C=O) groups excluding carboxylic acids is 3. The first-order valence-electron chi connectivity index (χ1n) is 13.7. The first kappa shape index (κ1) is 30.2. The number of rotatable bonds is 11. The van der Waals surface area contributed by atoms with Crippen molar-refractivity contribution in [3.05, 3.63) is 35.4 Å². The van der Waals surface area contributed by atoms with E-state index in [4.69, 9.17) is 11.2 Å². The average molecular weight is 512 g/mol. The fourth-order valence-corrected chi connectivity index (χ4v) is 4.71. The Bertz CT molecular complexity index is 941. The number of ether oxygens (including phenoxy) is 1. The molecule has 37 heavy (non-hydrogen) atoms. The molecule has 2 rings (SSSR count). The van der Waals surface area contributed by atoms with Crippen molar-refractivity contribution in [1.29, 1.82) is 0 Å². The topological polar surface area (TPSA) is 87.7 Å². The smallest absolute Gasteiger partial charge is 0.408 e. The van der Waals surface area contributed by atoms with Crippen molar-refractivity contribution in [3.63, 3.8) is 0 Å². The van der Waals surface area contributed by atoms with E-state index >= 15 is 0 Å². The number of carbonyl (C=O) groups is 3. The van der Waals surface area contributed by atoms with Crippen molar-refractivity contribution >= 4 is 17.9 Å². The van der Waals surface area contributed by atoms with E-state index in [0.717, 1.165) is 51.4 Å². The molecule has 0 aliphatic heterocycles. The quantitative estimate of drug-likeness (QED) is 0.304. The third kappa shape index (κ3) is 9.76. The summed E-state index contributed by atoms with van der Waals surface area (Å²) < 4.78 is 5.35. The van der Waals surface area contributed by atoms with Gasteiger partial charge in [0.05, 0.1) is 0 Å². The van der Waals surface area contributed by atoms with Crippen LogP contribution in [0.1, 0.15) is 110 Å². The largest absolute Gasteiger partial charge is 0.444 e. The maximum absolute atomic E-state index is 13.9. The molecule has 2 atom stereocenters. The molecule has 1 fully saturated rings. The number of hydrogen-bond donors (Lipinski definition) is 2. The summed E-state index contributed by atoms with van der Waals surface area (Å²) in [7, 11) is 0. The molecular formula is C30H45N3O4. The molecule has 2 unspecified atom stereocenters. The van der Waals surface area contributed by atoms with Gasteiger partial charge in [-0.05, 0) is 58.6 Å². The number of terminal acetylenes is 1. The lowest BCUT2D eigenvalue weighted by Crippen LogP contribution is -2.53. The molecule has 2 N–H and O–H groups in total. The number of nitrogens with zero attached hydrogens (tertiary/aromatic N) is 1. The standard InChI is InChI=1S/C30H45N3O4/c1-7-9-10-16-21-33(28(35)22(3)31-29(36)37-30(4,5)6)26(25-20-15-14-17-23(25)8-2)27(34)32-24-18-12-11-13-19-24/h2,14-15,17,20,22,24,26H,7,9-13,16,18-19,21H2,1,3-6H3,(H,31,36)(H,32,34). The summed E-state index contributed by atoms with van der Waals surface area (Å²) in [4.78, 5) is 41.7. The molecule has 7 nitrogen and oxygen atoms in total. The molecule has 0 saturated heterocycles. The monoisotopic (exact) mass is 511 g/mol. The lowest BCUT2D eigenvalue weighted by Gasteiger charge is -2.35. The Hall–Kier alpha value is -3.01. The van der Waals surface area contributed by atoms with Crippen LogP contribution < -0.4 is 10.6 Å². The van der Waals surface area contributed by atoms with E-state index < -0.39 is 23.8 Å². The van der Waals surface area contributed by atoms with Crippen LogP contribution in [-0.2, 0) is 14.3 Å². The maximum atomic E-state index is 13.9. The number of hydrogen-bond acceptors (Lipinski definition) is 4. The van der Waals surface area contributed by atoms with Crippen LogP contribution in [0.4, 0.5) is 4.79 Å². The lowest BCUT2D eigenvalue weighted by atomic mass is 9.93. The van der Waals surface area contributed by atoms with Crippen LogP contribution in [-0.4, -0.2) is 47.0 Å². The summed E-state index contributed by atoms with van der Waals surface area (Å²) in [5, 5.41) is 5.85. The number of unbranched alkanes of at least 4 members (excludes halogenated alkanes) is 3. The van der Waals surface area contributed by atoms with E-state index in [0.29, 0.717) is 17.7 Å². The summed E-state index contributed by atoms with van der Waals surface area (Å²) in [6.45, 7) is 9.42. The van der Waals surface area contributed by atoms with Gasteiger partial charge in [0, 0.05) is 18.2 Å². The molecule has 0 radical (unpaired) electrons. The van der Waals surface area contributed by atoms with Crippen LogP contribution >= 0.6 is 0 Å². The maximum Gasteiger partial charge on any atom is 0.408 e. The van der Waals surface area contributed by atoms with Crippen molar-refractivity contribution in [2.24, 2.45) is 0 Å². The summed E-state index contributed by atoms with van der Waals surface area (Å²) >= 11 is 0. The van der Waals surface area contributed by atoms with Gasteiger partial charge in [-0.2, -0.15) is 0 Å². The van der Waals surface area contributed by atoms with Crippen molar-refractivity contribution < 1.29 is 19.1 Å². The number of alkyl carbamates (subject to hydrolysis) is 1. The molecule has 0 spiro atoms. The highest BCUT2D eigenvalue weighted by atomic mass is 16.6. The molecular weight excluding hydrogens is 466 g/mol. The van der Waals surface area contributed by atoms with Crippen molar-refractivity contribution in [2.45, 2.75) is 116 Å². The number of amides is 3. The highest BCUT2D eigenvalue weighted by molar-refractivity contribution is 5.92. The van der Waals surface area contributed by atoms with E-state index in [-0.39, 0.29) is 17.9 Å². The highest BCUT2D eigenvalue weighted by Gasteiger charge is 2.36. The van der Waals surface area contributed by atoms with Gasteiger partial charge in [0.1, 0.15) is 17.7 Å². The van der Waals surface area contributed by atoms with Gasteiger partial charge in [0.25, 0.3) is 0 Å². The van der Waals surface area contributed by atoms with Gasteiger partial charge in [0.2, 0.25) is 11.8 Å². The molecule has 1 aromatic rings.